The molecule has 2 aromatic rings. The zero-order chi connectivity index (χ0) is 22.7. The average molecular weight is 461 g/mol. The number of benzene rings is 2. The summed E-state index contributed by atoms with van der Waals surface area (Å²) in [5.41, 5.74) is 1.27. The molecule has 10 heteroatoms. The van der Waals surface area contributed by atoms with Crippen LogP contribution in [0.25, 0.3) is 0 Å². The third kappa shape index (κ3) is 4.37. The standard InChI is InChI=1S/C22H28N4O5S/c1-31-22-8-4-3-7-20(22)24-15-13-23(14-16-24)19-10-9-18(17-21(19)26(27)28)32(29,30)25-11-5-2-6-12-25/h3-4,7-10,17H,2,5-6,11-16H2,1H3. The van der Waals surface area contributed by atoms with Crippen molar-refractivity contribution in [3.8, 4) is 5.75 Å². The maximum absolute atomic E-state index is 13.0. The van der Waals surface area contributed by atoms with Crippen LogP contribution in [-0.4, -0.2) is 64.0 Å². The molecule has 172 valence electrons. The Morgan fingerprint density at radius 2 is 1.50 bits per heavy atom. The average Bonchev–Trinajstić information content (AvgIpc) is 2.84. The largest absolute Gasteiger partial charge is 0.495 e. The second-order valence-electron chi connectivity index (χ2n) is 8.02. The van der Waals surface area contributed by atoms with Crippen LogP contribution in [0.3, 0.4) is 0 Å². The fourth-order valence-electron chi connectivity index (χ4n) is 4.41. The summed E-state index contributed by atoms with van der Waals surface area (Å²) in [6.07, 6.45) is 2.64. The van der Waals surface area contributed by atoms with Crippen molar-refractivity contribution in [2.24, 2.45) is 0 Å². The Kier molecular flexibility index (Phi) is 6.52. The van der Waals surface area contributed by atoms with E-state index in [9.17, 15) is 18.5 Å². The number of methoxy groups -OCH3 is 1. The minimum absolute atomic E-state index is 0.0116. The molecule has 9 nitrogen and oxygen atoms in total. The van der Waals surface area contributed by atoms with Gasteiger partial charge in [-0.25, -0.2) is 8.42 Å². The van der Waals surface area contributed by atoms with E-state index >= 15 is 0 Å². The molecule has 0 saturated carbocycles. The van der Waals surface area contributed by atoms with Crippen LogP contribution in [0.2, 0.25) is 0 Å². The molecule has 0 N–H and O–H groups in total. The lowest BCUT2D eigenvalue weighted by Crippen LogP contribution is -2.46. The van der Waals surface area contributed by atoms with E-state index in [2.05, 4.69) is 4.90 Å². The first-order valence-electron chi connectivity index (χ1n) is 10.8. The zero-order valence-electron chi connectivity index (χ0n) is 18.1. The molecular formula is C22H28N4O5S. The first-order chi connectivity index (χ1) is 15.4. The van der Waals surface area contributed by atoms with Crippen molar-refractivity contribution >= 4 is 27.1 Å². The maximum Gasteiger partial charge on any atom is 0.293 e. The van der Waals surface area contributed by atoms with Gasteiger partial charge in [-0.3, -0.25) is 10.1 Å². The summed E-state index contributed by atoms with van der Waals surface area (Å²) in [5.74, 6) is 0.791. The number of hydrogen-bond donors (Lipinski definition) is 0. The summed E-state index contributed by atoms with van der Waals surface area (Å²) in [7, 11) is -2.09. The minimum atomic E-state index is -3.73. The topological polar surface area (TPSA) is 96.2 Å². The van der Waals surface area contributed by atoms with Crippen molar-refractivity contribution in [2.45, 2.75) is 24.2 Å². The second-order valence-corrected chi connectivity index (χ2v) is 9.96. The molecule has 2 aliphatic heterocycles. The summed E-state index contributed by atoms with van der Waals surface area (Å²) in [6, 6.07) is 12.1. The van der Waals surface area contributed by atoms with Crippen LogP contribution in [0.15, 0.2) is 47.4 Å². The SMILES string of the molecule is COc1ccccc1N1CCN(c2ccc(S(=O)(=O)N3CCCCC3)cc2[N+](=O)[O-])CC1. The Morgan fingerprint density at radius 3 is 2.12 bits per heavy atom. The lowest BCUT2D eigenvalue weighted by Gasteiger charge is -2.37. The van der Waals surface area contributed by atoms with Gasteiger partial charge in [-0.15, -0.1) is 0 Å². The molecule has 0 bridgehead atoms. The maximum atomic E-state index is 13.0. The molecule has 4 rings (SSSR count). The Balaban J connectivity index is 1.55. The summed E-state index contributed by atoms with van der Waals surface area (Å²) in [5, 5.41) is 11.8. The number of piperidine rings is 1. The van der Waals surface area contributed by atoms with Crippen LogP contribution in [0.5, 0.6) is 5.75 Å². The van der Waals surface area contributed by atoms with Gasteiger partial charge in [0.15, 0.2) is 0 Å². The fraction of sp³-hybridized carbons (Fsp3) is 0.455. The second kappa shape index (κ2) is 9.33. The van der Waals surface area contributed by atoms with Gasteiger partial charge < -0.3 is 14.5 Å². The molecule has 0 radical (unpaired) electrons. The predicted molar refractivity (Wildman–Crippen MR) is 123 cm³/mol. The van der Waals surface area contributed by atoms with Crippen molar-refractivity contribution < 1.29 is 18.1 Å². The van der Waals surface area contributed by atoms with Gasteiger partial charge in [-0.1, -0.05) is 18.6 Å². The first-order valence-corrected chi connectivity index (χ1v) is 12.3. The Morgan fingerprint density at radius 1 is 0.875 bits per heavy atom. The lowest BCUT2D eigenvalue weighted by molar-refractivity contribution is -0.384. The first kappa shape index (κ1) is 22.3. The van der Waals surface area contributed by atoms with Crippen molar-refractivity contribution in [1.29, 1.82) is 0 Å². The van der Waals surface area contributed by atoms with E-state index in [0.29, 0.717) is 45.0 Å². The summed E-state index contributed by atoms with van der Waals surface area (Å²) < 4.78 is 32.8. The quantitative estimate of drug-likeness (QED) is 0.483. The number of piperazine rings is 1. The summed E-state index contributed by atoms with van der Waals surface area (Å²) in [6.45, 7) is 3.43. The third-order valence-corrected chi connectivity index (χ3v) is 8.04. The third-order valence-electron chi connectivity index (χ3n) is 6.14. The molecule has 2 aromatic carbocycles. The highest BCUT2D eigenvalue weighted by Crippen LogP contribution is 2.34. The van der Waals surface area contributed by atoms with Crippen LogP contribution in [0, 0.1) is 10.1 Å². The molecular weight excluding hydrogens is 432 g/mol. The van der Waals surface area contributed by atoms with Gasteiger partial charge in [-0.05, 0) is 37.1 Å². The van der Waals surface area contributed by atoms with E-state index in [1.807, 2.05) is 29.2 Å². The number of para-hydroxylation sites is 2. The highest BCUT2D eigenvalue weighted by molar-refractivity contribution is 7.89. The van der Waals surface area contributed by atoms with E-state index in [1.165, 1.54) is 16.4 Å². The normalized spacial score (nSPS) is 17.9. The van der Waals surface area contributed by atoms with Gasteiger partial charge in [0.2, 0.25) is 10.0 Å². The molecule has 0 aliphatic carbocycles. The Hall–Kier alpha value is -2.85. The molecule has 0 unspecified atom stereocenters. The van der Waals surface area contributed by atoms with Crippen molar-refractivity contribution in [3.63, 3.8) is 0 Å². The van der Waals surface area contributed by atoms with E-state index in [-0.39, 0.29) is 10.6 Å². The molecule has 2 saturated heterocycles. The van der Waals surface area contributed by atoms with Gasteiger partial charge >= 0.3 is 0 Å². The summed E-state index contributed by atoms with van der Waals surface area (Å²) >= 11 is 0. The van der Waals surface area contributed by atoms with Crippen LogP contribution >= 0.6 is 0 Å². The van der Waals surface area contributed by atoms with Gasteiger partial charge in [-0.2, -0.15) is 4.31 Å². The van der Waals surface area contributed by atoms with Crippen molar-refractivity contribution in [2.75, 3.05) is 56.2 Å². The number of nitro benzene ring substituents is 1. The van der Waals surface area contributed by atoms with Crippen molar-refractivity contribution in [3.05, 3.63) is 52.6 Å². The number of rotatable bonds is 6. The Labute approximate surface area is 188 Å². The Bertz CT molecular complexity index is 1080. The van der Waals surface area contributed by atoms with Crippen LogP contribution in [0.4, 0.5) is 17.1 Å². The van der Waals surface area contributed by atoms with Crippen molar-refractivity contribution in [1.82, 2.24) is 4.31 Å². The van der Waals surface area contributed by atoms with Gasteiger partial charge in [0.25, 0.3) is 5.69 Å². The van der Waals surface area contributed by atoms with Crippen LogP contribution < -0.4 is 14.5 Å². The number of anilines is 2. The number of sulfonamides is 1. The molecule has 0 aromatic heterocycles. The van der Waals surface area contributed by atoms with Crippen LogP contribution in [-0.2, 0) is 10.0 Å². The highest BCUT2D eigenvalue weighted by atomic mass is 32.2. The molecule has 2 heterocycles. The van der Waals surface area contributed by atoms with Gasteiger partial charge in [0.05, 0.1) is 22.6 Å². The zero-order valence-corrected chi connectivity index (χ0v) is 19.0. The van der Waals surface area contributed by atoms with E-state index in [0.717, 1.165) is 30.7 Å². The smallest absolute Gasteiger partial charge is 0.293 e. The number of nitro groups is 1. The summed E-state index contributed by atoms with van der Waals surface area (Å²) in [4.78, 5) is 15.5. The fourth-order valence-corrected chi connectivity index (χ4v) is 5.95. The highest BCUT2D eigenvalue weighted by Gasteiger charge is 2.30. The molecule has 32 heavy (non-hydrogen) atoms. The van der Waals surface area contributed by atoms with Gasteiger partial charge in [0.1, 0.15) is 11.4 Å². The van der Waals surface area contributed by atoms with E-state index < -0.39 is 14.9 Å². The van der Waals surface area contributed by atoms with E-state index in [1.54, 1.807) is 13.2 Å². The predicted octanol–water partition coefficient (Wildman–Crippen LogP) is 3.10. The molecule has 2 fully saturated rings. The number of ether oxygens (including phenoxy) is 1. The number of hydrogen-bond acceptors (Lipinski definition) is 7. The minimum Gasteiger partial charge on any atom is -0.495 e. The van der Waals surface area contributed by atoms with Crippen LogP contribution in [0.1, 0.15) is 19.3 Å². The monoisotopic (exact) mass is 460 g/mol. The molecule has 2 aliphatic rings. The van der Waals surface area contributed by atoms with Gasteiger partial charge in [0, 0.05) is 45.3 Å². The van der Waals surface area contributed by atoms with E-state index in [4.69, 9.17) is 4.74 Å². The molecule has 0 atom stereocenters. The number of nitrogens with zero attached hydrogens (tertiary/aromatic N) is 4. The lowest BCUT2D eigenvalue weighted by atomic mass is 10.2. The molecule has 0 spiro atoms. The molecule has 0 amide bonds.